The number of nitrogens with zero attached hydrogens (tertiary/aromatic N) is 1. The fourth-order valence-electron chi connectivity index (χ4n) is 1.57. The fraction of sp³-hybridized carbons (Fsp3) is 0.154. The molecule has 1 aromatic heterocycles. The van der Waals surface area contributed by atoms with E-state index in [-0.39, 0.29) is 17.8 Å². The van der Waals surface area contributed by atoms with Gasteiger partial charge in [0.05, 0.1) is 24.7 Å². The standard InChI is InChI=1S/C13H13F2N3O/c1-19-12-5-2-8(6-18-12)17-7-9-10(14)3-4-11(16)13(9)15/h2-6,17H,7,16H2,1H3. The maximum absolute atomic E-state index is 13.6. The van der Waals surface area contributed by atoms with Crippen LogP contribution in [0.3, 0.4) is 0 Å². The van der Waals surface area contributed by atoms with Crippen molar-refractivity contribution in [2.24, 2.45) is 0 Å². The molecule has 1 heterocycles. The van der Waals surface area contributed by atoms with E-state index in [9.17, 15) is 8.78 Å². The number of anilines is 2. The molecule has 2 aromatic rings. The number of aromatic nitrogens is 1. The maximum atomic E-state index is 13.6. The summed E-state index contributed by atoms with van der Waals surface area (Å²) in [6.45, 7) is -0.0171. The summed E-state index contributed by atoms with van der Waals surface area (Å²) in [6, 6.07) is 5.69. The van der Waals surface area contributed by atoms with E-state index in [2.05, 4.69) is 10.3 Å². The van der Waals surface area contributed by atoms with Crippen molar-refractivity contribution < 1.29 is 13.5 Å². The molecule has 0 radical (unpaired) electrons. The summed E-state index contributed by atoms with van der Waals surface area (Å²) >= 11 is 0. The molecule has 0 aliphatic rings. The fourth-order valence-corrected chi connectivity index (χ4v) is 1.57. The van der Waals surface area contributed by atoms with Crippen molar-refractivity contribution in [1.29, 1.82) is 0 Å². The van der Waals surface area contributed by atoms with Crippen LogP contribution in [0, 0.1) is 11.6 Å². The van der Waals surface area contributed by atoms with Crippen molar-refractivity contribution in [1.82, 2.24) is 4.98 Å². The number of ether oxygens (including phenoxy) is 1. The molecule has 100 valence electrons. The highest BCUT2D eigenvalue weighted by atomic mass is 19.1. The van der Waals surface area contributed by atoms with E-state index < -0.39 is 11.6 Å². The minimum atomic E-state index is -0.742. The van der Waals surface area contributed by atoms with Crippen molar-refractivity contribution in [2.45, 2.75) is 6.54 Å². The van der Waals surface area contributed by atoms with Crippen LogP contribution in [0.4, 0.5) is 20.2 Å². The molecule has 0 aliphatic carbocycles. The van der Waals surface area contributed by atoms with Crippen LogP contribution >= 0.6 is 0 Å². The average Bonchev–Trinajstić information content (AvgIpc) is 2.44. The van der Waals surface area contributed by atoms with Gasteiger partial charge in [-0.1, -0.05) is 0 Å². The predicted molar refractivity (Wildman–Crippen MR) is 68.9 cm³/mol. The first-order valence-electron chi connectivity index (χ1n) is 5.58. The predicted octanol–water partition coefficient (Wildman–Crippen LogP) is 2.56. The van der Waals surface area contributed by atoms with Crippen LogP contribution in [0.1, 0.15) is 5.56 Å². The number of nitrogens with two attached hydrogens (primary N) is 1. The van der Waals surface area contributed by atoms with Gasteiger partial charge in [-0.05, 0) is 18.2 Å². The largest absolute Gasteiger partial charge is 0.481 e. The van der Waals surface area contributed by atoms with Crippen LogP contribution in [0.25, 0.3) is 0 Å². The van der Waals surface area contributed by atoms with Gasteiger partial charge in [0, 0.05) is 18.2 Å². The Morgan fingerprint density at radius 1 is 1.26 bits per heavy atom. The van der Waals surface area contributed by atoms with E-state index in [1.807, 2.05) is 0 Å². The number of nitrogen functional groups attached to an aromatic ring is 1. The highest BCUT2D eigenvalue weighted by molar-refractivity contribution is 5.47. The average molecular weight is 265 g/mol. The summed E-state index contributed by atoms with van der Waals surface area (Å²) in [5, 5.41) is 2.87. The van der Waals surface area contributed by atoms with Gasteiger partial charge in [0.15, 0.2) is 5.82 Å². The van der Waals surface area contributed by atoms with E-state index in [0.717, 1.165) is 6.07 Å². The zero-order chi connectivity index (χ0) is 13.8. The second-order valence-corrected chi connectivity index (χ2v) is 3.87. The molecule has 4 nitrogen and oxygen atoms in total. The zero-order valence-corrected chi connectivity index (χ0v) is 10.3. The second kappa shape index (κ2) is 5.51. The lowest BCUT2D eigenvalue weighted by Gasteiger charge is -2.09. The van der Waals surface area contributed by atoms with Gasteiger partial charge >= 0.3 is 0 Å². The van der Waals surface area contributed by atoms with E-state index >= 15 is 0 Å². The topological polar surface area (TPSA) is 60.2 Å². The molecule has 3 N–H and O–H groups in total. The van der Waals surface area contributed by atoms with Crippen LogP contribution in [-0.2, 0) is 6.54 Å². The Labute approximate surface area is 109 Å². The van der Waals surface area contributed by atoms with Crippen molar-refractivity contribution in [3.8, 4) is 5.88 Å². The number of hydrogen-bond donors (Lipinski definition) is 2. The zero-order valence-electron chi connectivity index (χ0n) is 10.3. The summed E-state index contributed by atoms with van der Waals surface area (Å²) in [7, 11) is 1.51. The molecule has 19 heavy (non-hydrogen) atoms. The van der Waals surface area contributed by atoms with Gasteiger partial charge in [-0.15, -0.1) is 0 Å². The van der Waals surface area contributed by atoms with Crippen molar-refractivity contribution in [2.75, 3.05) is 18.2 Å². The second-order valence-electron chi connectivity index (χ2n) is 3.87. The Hall–Kier alpha value is -2.37. The van der Waals surface area contributed by atoms with Gasteiger partial charge in [0.2, 0.25) is 5.88 Å². The first-order chi connectivity index (χ1) is 9.11. The monoisotopic (exact) mass is 265 g/mol. The van der Waals surface area contributed by atoms with Crippen LogP contribution in [0.15, 0.2) is 30.5 Å². The Morgan fingerprint density at radius 2 is 2.05 bits per heavy atom. The summed E-state index contributed by atoms with van der Waals surface area (Å²) in [4.78, 5) is 3.97. The molecule has 0 bridgehead atoms. The van der Waals surface area contributed by atoms with Gasteiger partial charge < -0.3 is 15.8 Å². The number of pyridine rings is 1. The molecule has 0 unspecified atom stereocenters. The molecule has 0 spiro atoms. The first kappa shape index (κ1) is 13.1. The lowest BCUT2D eigenvalue weighted by Crippen LogP contribution is -2.07. The molecule has 2 rings (SSSR count). The summed E-state index contributed by atoms with van der Waals surface area (Å²) in [6.07, 6.45) is 1.51. The third-order valence-electron chi connectivity index (χ3n) is 2.63. The van der Waals surface area contributed by atoms with Gasteiger partial charge in [-0.25, -0.2) is 13.8 Å². The van der Waals surface area contributed by atoms with Crippen LogP contribution < -0.4 is 15.8 Å². The molecule has 0 aliphatic heterocycles. The van der Waals surface area contributed by atoms with E-state index in [4.69, 9.17) is 10.5 Å². The quantitative estimate of drug-likeness (QED) is 0.834. The molecule has 0 fully saturated rings. The molecule has 0 atom stereocenters. The van der Waals surface area contributed by atoms with Crippen LogP contribution in [0.5, 0.6) is 5.88 Å². The highest BCUT2D eigenvalue weighted by Gasteiger charge is 2.11. The van der Waals surface area contributed by atoms with E-state index in [0.29, 0.717) is 11.6 Å². The van der Waals surface area contributed by atoms with Crippen molar-refractivity contribution in [3.63, 3.8) is 0 Å². The molecule has 0 amide bonds. The summed E-state index contributed by atoms with van der Waals surface area (Å²) < 4.78 is 32.0. The number of rotatable bonds is 4. The number of halogens is 2. The number of hydrogen-bond acceptors (Lipinski definition) is 4. The van der Waals surface area contributed by atoms with Crippen LogP contribution in [0.2, 0.25) is 0 Å². The third kappa shape index (κ3) is 2.90. The van der Waals surface area contributed by atoms with Gasteiger partial charge in [0.25, 0.3) is 0 Å². The molecular formula is C13H13F2N3O. The maximum Gasteiger partial charge on any atom is 0.213 e. The molecule has 1 aromatic carbocycles. The molecule has 0 saturated heterocycles. The molecule has 0 saturated carbocycles. The third-order valence-corrected chi connectivity index (χ3v) is 2.63. The van der Waals surface area contributed by atoms with E-state index in [1.165, 1.54) is 19.4 Å². The van der Waals surface area contributed by atoms with E-state index in [1.54, 1.807) is 12.1 Å². The summed E-state index contributed by atoms with van der Waals surface area (Å²) in [5.74, 6) is -0.915. The summed E-state index contributed by atoms with van der Waals surface area (Å²) in [5.41, 5.74) is 5.85. The highest BCUT2D eigenvalue weighted by Crippen LogP contribution is 2.20. The van der Waals surface area contributed by atoms with Crippen LogP contribution in [-0.4, -0.2) is 12.1 Å². The smallest absolute Gasteiger partial charge is 0.213 e. The lowest BCUT2D eigenvalue weighted by molar-refractivity contribution is 0.398. The van der Waals surface area contributed by atoms with Crippen molar-refractivity contribution >= 4 is 11.4 Å². The SMILES string of the molecule is COc1ccc(NCc2c(F)ccc(N)c2F)cn1. The Morgan fingerprint density at radius 3 is 2.68 bits per heavy atom. The Balaban J connectivity index is 2.12. The Bertz CT molecular complexity index is 573. The van der Waals surface area contributed by atoms with Gasteiger partial charge in [-0.2, -0.15) is 0 Å². The van der Waals surface area contributed by atoms with Crippen molar-refractivity contribution in [3.05, 3.63) is 47.7 Å². The van der Waals surface area contributed by atoms with Gasteiger partial charge in [-0.3, -0.25) is 0 Å². The minimum absolute atomic E-state index is 0.0171. The minimum Gasteiger partial charge on any atom is -0.481 e. The lowest BCUT2D eigenvalue weighted by atomic mass is 10.1. The first-order valence-corrected chi connectivity index (χ1v) is 5.58. The molecular weight excluding hydrogens is 252 g/mol. The number of benzene rings is 1. The normalized spacial score (nSPS) is 10.3. The number of nitrogens with one attached hydrogen (secondary N) is 1. The molecule has 6 heteroatoms. The Kier molecular flexibility index (Phi) is 3.79. The van der Waals surface area contributed by atoms with Gasteiger partial charge in [0.1, 0.15) is 5.82 Å². The number of methoxy groups -OCH3 is 1.